The Hall–Kier alpha value is -3.17. The molecule has 0 aliphatic heterocycles. The van der Waals surface area contributed by atoms with Crippen LogP contribution in [0.4, 0.5) is 10.5 Å². The molecule has 0 spiro atoms. The van der Waals surface area contributed by atoms with Crippen molar-refractivity contribution in [3.63, 3.8) is 0 Å². The Morgan fingerprint density at radius 3 is 1.15 bits per heavy atom. The SMILES string of the molecule is CCCCCCCCC(CCCCCC)(CCCCCCCCCCCCCC(CCCCCC)(CCCCC(CCC)OC(=O)Oc1ccc([N+](=O)[O-])cc1)C(=O)O)C(=O)O. The third-order valence-corrected chi connectivity index (χ3v) is 13.3. The number of non-ortho nitro benzene ring substituents is 1. The maximum absolute atomic E-state index is 12.9. The van der Waals surface area contributed by atoms with E-state index in [1.54, 1.807) is 0 Å². The molecule has 10 heteroatoms. The number of nitrogens with zero attached hydrogens (tertiary/aromatic N) is 1. The first-order valence-electron chi connectivity index (χ1n) is 25.6. The van der Waals surface area contributed by atoms with Gasteiger partial charge in [-0.25, -0.2) is 4.79 Å². The van der Waals surface area contributed by atoms with Crippen LogP contribution in [0.3, 0.4) is 0 Å². The number of hydrogen-bond donors (Lipinski definition) is 2. The van der Waals surface area contributed by atoms with Gasteiger partial charge in [-0.15, -0.1) is 0 Å². The molecule has 0 saturated carbocycles. The summed E-state index contributed by atoms with van der Waals surface area (Å²) >= 11 is 0. The zero-order chi connectivity index (χ0) is 45.7. The van der Waals surface area contributed by atoms with Gasteiger partial charge in [-0.3, -0.25) is 19.7 Å². The van der Waals surface area contributed by atoms with Crippen LogP contribution in [0.25, 0.3) is 0 Å². The molecule has 0 amide bonds. The van der Waals surface area contributed by atoms with Crippen molar-refractivity contribution < 1.29 is 39.0 Å². The van der Waals surface area contributed by atoms with Crippen LogP contribution in [0, 0.1) is 20.9 Å². The molecular formula is C52H91NO9. The molecule has 1 rings (SSSR count). The average Bonchev–Trinajstić information content (AvgIpc) is 3.24. The molecule has 0 radical (unpaired) electrons. The minimum absolute atomic E-state index is 0.0911. The number of rotatable bonds is 43. The van der Waals surface area contributed by atoms with Crippen molar-refractivity contribution in [1.29, 1.82) is 0 Å². The van der Waals surface area contributed by atoms with E-state index >= 15 is 0 Å². The molecule has 0 aliphatic carbocycles. The summed E-state index contributed by atoms with van der Waals surface area (Å²) in [6, 6.07) is 5.29. The molecule has 0 aliphatic rings. The lowest BCUT2D eigenvalue weighted by Gasteiger charge is -2.30. The lowest BCUT2D eigenvalue weighted by atomic mass is 9.74. The van der Waals surface area contributed by atoms with Crippen molar-refractivity contribution in [2.45, 2.75) is 265 Å². The number of carboxylic acids is 2. The van der Waals surface area contributed by atoms with Gasteiger partial charge in [0.1, 0.15) is 11.9 Å². The van der Waals surface area contributed by atoms with Crippen LogP contribution in [0.2, 0.25) is 0 Å². The number of benzene rings is 1. The maximum atomic E-state index is 12.9. The molecule has 3 atom stereocenters. The summed E-state index contributed by atoms with van der Waals surface area (Å²) in [4.78, 5) is 48.5. The third kappa shape index (κ3) is 25.8. The Kier molecular flexibility index (Phi) is 33.2. The highest BCUT2D eigenvalue weighted by atomic mass is 16.7. The molecule has 0 bridgehead atoms. The van der Waals surface area contributed by atoms with Crippen molar-refractivity contribution in [3.05, 3.63) is 34.4 Å². The molecular weight excluding hydrogens is 783 g/mol. The van der Waals surface area contributed by atoms with Crippen LogP contribution >= 0.6 is 0 Å². The van der Waals surface area contributed by atoms with Crippen molar-refractivity contribution in [1.82, 2.24) is 0 Å². The first-order chi connectivity index (χ1) is 30.0. The molecule has 0 heterocycles. The van der Waals surface area contributed by atoms with E-state index in [0.29, 0.717) is 32.1 Å². The smallest absolute Gasteiger partial charge is 0.481 e. The van der Waals surface area contributed by atoms with Crippen molar-refractivity contribution >= 4 is 23.8 Å². The van der Waals surface area contributed by atoms with Gasteiger partial charge in [0, 0.05) is 12.1 Å². The van der Waals surface area contributed by atoms with E-state index in [1.807, 2.05) is 6.92 Å². The fourth-order valence-corrected chi connectivity index (χ4v) is 9.25. The second-order valence-electron chi connectivity index (χ2n) is 18.6. The van der Waals surface area contributed by atoms with E-state index in [9.17, 15) is 34.7 Å². The van der Waals surface area contributed by atoms with E-state index in [4.69, 9.17) is 9.47 Å². The Labute approximate surface area is 377 Å². The van der Waals surface area contributed by atoms with Gasteiger partial charge in [-0.05, 0) is 69.9 Å². The number of hydrogen-bond acceptors (Lipinski definition) is 7. The number of carbonyl (C=O) groups is 3. The minimum atomic E-state index is -0.842. The molecule has 3 unspecified atom stereocenters. The zero-order valence-electron chi connectivity index (χ0n) is 40.0. The molecule has 1 aromatic carbocycles. The largest absolute Gasteiger partial charge is 0.514 e. The normalized spacial score (nSPS) is 13.9. The number of carboxylic acid groups (broad SMARTS) is 2. The molecule has 10 nitrogen and oxygen atoms in total. The topological polar surface area (TPSA) is 153 Å². The predicted molar refractivity (Wildman–Crippen MR) is 253 cm³/mol. The predicted octanol–water partition coefficient (Wildman–Crippen LogP) is 16.7. The highest BCUT2D eigenvalue weighted by Crippen LogP contribution is 2.39. The fourth-order valence-electron chi connectivity index (χ4n) is 9.25. The van der Waals surface area contributed by atoms with E-state index in [-0.39, 0.29) is 17.5 Å². The highest BCUT2D eigenvalue weighted by Gasteiger charge is 2.38. The molecule has 1 aromatic rings. The van der Waals surface area contributed by atoms with E-state index in [2.05, 4.69) is 20.8 Å². The quantitative estimate of drug-likeness (QED) is 0.0215. The number of nitro groups is 1. The van der Waals surface area contributed by atoms with Crippen LogP contribution in [-0.2, 0) is 14.3 Å². The van der Waals surface area contributed by atoms with Crippen LogP contribution in [0.15, 0.2) is 24.3 Å². The lowest BCUT2D eigenvalue weighted by molar-refractivity contribution is -0.384. The number of nitro benzene ring substituents is 1. The first kappa shape index (κ1) is 56.8. The third-order valence-electron chi connectivity index (χ3n) is 13.3. The van der Waals surface area contributed by atoms with Crippen LogP contribution in [-0.4, -0.2) is 39.3 Å². The summed E-state index contributed by atoms with van der Waals surface area (Å²) in [5.74, 6) is -1.06. The second-order valence-corrected chi connectivity index (χ2v) is 18.6. The standard InChI is InChI=1S/C52H91NO9/c1-5-9-12-15-23-29-41-51(48(54)55,39-27-13-10-6-2)42-30-24-21-19-17-16-18-20-22-25-31-43-52(49(56)57,40-28-14-11-7-3)44-32-26-34-46(33-8-4)61-50(58)62-47-37-35-45(36-38-47)53(59)60/h35-38,46H,5-34,39-44H2,1-4H3,(H,54,55)(H,56,57). The van der Waals surface area contributed by atoms with Gasteiger partial charge in [0.2, 0.25) is 0 Å². The summed E-state index contributed by atoms with van der Waals surface area (Å²) in [6.07, 6.45) is 35.4. The summed E-state index contributed by atoms with van der Waals surface area (Å²) < 4.78 is 10.9. The van der Waals surface area contributed by atoms with Crippen LogP contribution in [0.5, 0.6) is 5.75 Å². The number of unbranched alkanes of at least 4 members (excludes halogenated alkanes) is 22. The summed E-state index contributed by atoms with van der Waals surface area (Å²) in [5.41, 5.74) is -1.35. The van der Waals surface area contributed by atoms with Crippen molar-refractivity contribution in [3.8, 4) is 5.75 Å². The van der Waals surface area contributed by atoms with E-state index < -0.39 is 33.8 Å². The summed E-state index contributed by atoms with van der Waals surface area (Å²) in [7, 11) is 0. The van der Waals surface area contributed by atoms with Crippen LogP contribution in [0.1, 0.15) is 259 Å². The zero-order valence-corrected chi connectivity index (χ0v) is 40.0. The number of aliphatic carboxylic acids is 2. The fraction of sp³-hybridized carbons (Fsp3) is 0.827. The van der Waals surface area contributed by atoms with E-state index in [1.165, 1.54) is 101 Å². The van der Waals surface area contributed by atoms with Gasteiger partial charge in [-0.2, -0.15) is 0 Å². The Bertz CT molecular complexity index is 1300. The Morgan fingerprint density at radius 1 is 0.500 bits per heavy atom. The Morgan fingerprint density at radius 2 is 0.823 bits per heavy atom. The second kappa shape index (κ2) is 36.2. The van der Waals surface area contributed by atoms with Crippen molar-refractivity contribution in [2.75, 3.05) is 0 Å². The van der Waals surface area contributed by atoms with Crippen LogP contribution < -0.4 is 4.74 Å². The molecule has 0 fully saturated rings. The summed E-state index contributed by atoms with van der Waals surface area (Å²) in [6.45, 7) is 8.63. The van der Waals surface area contributed by atoms with Gasteiger partial charge in [0.15, 0.2) is 0 Å². The summed E-state index contributed by atoms with van der Waals surface area (Å²) in [5, 5.41) is 31.9. The minimum Gasteiger partial charge on any atom is -0.481 e. The van der Waals surface area contributed by atoms with Gasteiger partial charge < -0.3 is 19.7 Å². The molecule has 2 N–H and O–H groups in total. The Balaban J connectivity index is 2.48. The van der Waals surface area contributed by atoms with Crippen molar-refractivity contribution in [2.24, 2.45) is 10.8 Å². The van der Waals surface area contributed by atoms with Gasteiger partial charge in [-0.1, -0.05) is 201 Å². The molecule has 0 saturated heterocycles. The molecule has 0 aromatic heterocycles. The number of ether oxygens (including phenoxy) is 2. The lowest BCUT2D eigenvalue weighted by Crippen LogP contribution is -2.31. The van der Waals surface area contributed by atoms with E-state index in [0.717, 1.165) is 122 Å². The first-order valence-corrected chi connectivity index (χ1v) is 25.6. The highest BCUT2D eigenvalue weighted by molar-refractivity contribution is 5.75. The maximum Gasteiger partial charge on any atom is 0.514 e. The van der Waals surface area contributed by atoms with Gasteiger partial charge >= 0.3 is 18.1 Å². The monoisotopic (exact) mass is 874 g/mol. The average molecular weight is 874 g/mol. The molecule has 358 valence electrons. The van der Waals surface area contributed by atoms with Gasteiger partial charge in [0.25, 0.3) is 5.69 Å². The van der Waals surface area contributed by atoms with Gasteiger partial charge in [0.05, 0.1) is 15.8 Å². The number of carbonyl (C=O) groups excluding carboxylic acids is 1. The molecule has 62 heavy (non-hydrogen) atoms.